The molecule has 33 heavy (non-hydrogen) atoms. The first-order valence-electron chi connectivity index (χ1n) is 12.2. The highest BCUT2D eigenvalue weighted by atomic mass is 19.1. The van der Waals surface area contributed by atoms with E-state index in [1.807, 2.05) is 30.3 Å². The predicted octanol–water partition coefficient (Wildman–Crippen LogP) is 8.09. The van der Waals surface area contributed by atoms with Crippen molar-refractivity contribution in [1.82, 2.24) is 0 Å². The predicted molar refractivity (Wildman–Crippen MR) is 138 cm³/mol. The molecular weight excluding hydrogens is 403 g/mol. The summed E-state index contributed by atoms with van der Waals surface area (Å²) in [6, 6.07) is 21.6. The average Bonchev–Trinajstić information content (AvgIpc) is 2.84. The first-order valence-corrected chi connectivity index (χ1v) is 12.2. The lowest BCUT2D eigenvalue weighted by Crippen LogP contribution is -1.88. The summed E-state index contributed by atoms with van der Waals surface area (Å²) in [7, 11) is 0. The van der Waals surface area contributed by atoms with Crippen LogP contribution in [0, 0.1) is 29.5 Å². The number of benzene rings is 3. The highest BCUT2D eigenvalue weighted by molar-refractivity contribution is 5.49. The SMILES string of the molecule is CCCCCCCc1ccc(C#Cc2ccc(C#Cc3ccc(CCC)cc3)cc2F)cc1. The maximum Gasteiger partial charge on any atom is 0.140 e. The van der Waals surface area contributed by atoms with Crippen molar-refractivity contribution < 1.29 is 4.39 Å². The molecule has 0 bridgehead atoms. The van der Waals surface area contributed by atoms with Gasteiger partial charge >= 0.3 is 0 Å². The van der Waals surface area contributed by atoms with Gasteiger partial charge in [-0.3, -0.25) is 0 Å². The summed E-state index contributed by atoms with van der Waals surface area (Å²) in [6.07, 6.45) is 9.76. The van der Waals surface area contributed by atoms with Crippen LogP contribution in [0.2, 0.25) is 0 Å². The molecule has 0 saturated heterocycles. The van der Waals surface area contributed by atoms with Crippen LogP contribution in [0.3, 0.4) is 0 Å². The molecule has 0 unspecified atom stereocenters. The standard InChI is InChI=1S/C32H33F/c1-3-5-6-7-8-10-27-13-17-29(18-14-27)21-23-31-24-22-30(25-32(31)33)20-19-28-15-11-26(9-4-2)12-16-28/h11-18,22,24-25H,3-10H2,1-2H3. The van der Waals surface area contributed by atoms with Crippen molar-refractivity contribution in [2.45, 2.75) is 65.2 Å². The van der Waals surface area contributed by atoms with E-state index < -0.39 is 0 Å². The van der Waals surface area contributed by atoms with Gasteiger partial charge in [-0.15, -0.1) is 0 Å². The second-order valence-electron chi connectivity index (χ2n) is 8.50. The van der Waals surface area contributed by atoms with Crippen LogP contribution in [-0.2, 0) is 12.8 Å². The topological polar surface area (TPSA) is 0 Å². The zero-order valence-electron chi connectivity index (χ0n) is 19.9. The van der Waals surface area contributed by atoms with Crippen LogP contribution in [-0.4, -0.2) is 0 Å². The van der Waals surface area contributed by atoms with Crippen molar-refractivity contribution in [3.63, 3.8) is 0 Å². The molecule has 0 aliphatic carbocycles. The van der Waals surface area contributed by atoms with E-state index in [1.54, 1.807) is 6.07 Å². The van der Waals surface area contributed by atoms with E-state index in [-0.39, 0.29) is 5.82 Å². The van der Waals surface area contributed by atoms with Gasteiger partial charge in [0.25, 0.3) is 0 Å². The molecule has 0 radical (unpaired) electrons. The van der Waals surface area contributed by atoms with Crippen molar-refractivity contribution in [3.8, 4) is 23.7 Å². The Hall–Kier alpha value is -3.29. The molecule has 0 heterocycles. The normalized spacial score (nSPS) is 10.2. The number of aryl methyl sites for hydroxylation is 2. The first-order chi connectivity index (χ1) is 16.2. The first kappa shape index (κ1) is 24.4. The van der Waals surface area contributed by atoms with Gasteiger partial charge in [-0.1, -0.05) is 93.9 Å². The average molecular weight is 437 g/mol. The Labute approximate surface area is 199 Å². The minimum atomic E-state index is -0.337. The fourth-order valence-corrected chi connectivity index (χ4v) is 3.71. The van der Waals surface area contributed by atoms with Gasteiger partial charge in [0.1, 0.15) is 5.82 Å². The molecule has 0 nitrogen and oxygen atoms in total. The third-order valence-corrected chi connectivity index (χ3v) is 5.68. The maximum atomic E-state index is 14.5. The Bertz CT molecular complexity index is 1130. The van der Waals surface area contributed by atoms with Crippen molar-refractivity contribution in [3.05, 3.63) is 106 Å². The van der Waals surface area contributed by atoms with Crippen LogP contribution in [0.4, 0.5) is 4.39 Å². The molecule has 0 saturated carbocycles. The second-order valence-corrected chi connectivity index (χ2v) is 8.50. The summed E-state index contributed by atoms with van der Waals surface area (Å²) < 4.78 is 14.5. The number of unbranched alkanes of at least 4 members (excludes halogenated alkanes) is 4. The largest absolute Gasteiger partial charge is 0.206 e. The second kappa shape index (κ2) is 13.3. The molecule has 0 aliphatic heterocycles. The summed E-state index contributed by atoms with van der Waals surface area (Å²) in [4.78, 5) is 0. The fourth-order valence-electron chi connectivity index (χ4n) is 3.71. The number of halogens is 1. The molecule has 0 aliphatic rings. The molecule has 0 spiro atoms. The monoisotopic (exact) mass is 436 g/mol. The lowest BCUT2D eigenvalue weighted by atomic mass is 10.0. The van der Waals surface area contributed by atoms with Gasteiger partial charge < -0.3 is 0 Å². The van der Waals surface area contributed by atoms with Crippen LogP contribution in [0.15, 0.2) is 66.7 Å². The Morgan fingerprint density at radius 3 is 1.70 bits per heavy atom. The Balaban J connectivity index is 1.59. The fraction of sp³-hybridized carbons (Fsp3) is 0.312. The quantitative estimate of drug-likeness (QED) is 0.247. The molecule has 1 heteroatoms. The smallest absolute Gasteiger partial charge is 0.140 e. The van der Waals surface area contributed by atoms with E-state index in [0.717, 1.165) is 30.4 Å². The van der Waals surface area contributed by atoms with Crippen LogP contribution in [0.5, 0.6) is 0 Å². The lowest BCUT2D eigenvalue weighted by Gasteiger charge is -2.02. The minimum Gasteiger partial charge on any atom is -0.206 e. The molecular formula is C32H33F. The molecule has 3 rings (SSSR count). The molecule has 0 N–H and O–H groups in total. The Morgan fingerprint density at radius 2 is 1.09 bits per heavy atom. The summed E-state index contributed by atoms with van der Waals surface area (Å²) in [6.45, 7) is 4.41. The van der Waals surface area contributed by atoms with E-state index in [9.17, 15) is 4.39 Å². The van der Waals surface area contributed by atoms with Crippen molar-refractivity contribution >= 4 is 0 Å². The van der Waals surface area contributed by atoms with Crippen LogP contribution >= 0.6 is 0 Å². The van der Waals surface area contributed by atoms with E-state index in [1.165, 1.54) is 49.3 Å². The van der Waals surface area contributed by atoms with Crippen LogP contribution in [0.25, 0.3) is 0 Å². The Morgan fingerprint density at radius 1 is 0.545 bits per heavy atom. The summed E-state index contributed by atoms with van der Waals surface area (Å²) >= 11 is 0. The van der Waals surface area contributed by atoms with E-state index in [0.29, 0.717) is 11.1 Å². The zero-order valence-corrected chi connectivity index (χ0v) is 19.9. The zero-order chi connectivity index (χ0) is 23.3. The van der Waals surface area contributed by atoms with Gasteiger partial charge in [-0.2, -0.15) is 0 Å². The van der Waals surface area contributed by atoms with Gasteiger partial charge in [0.15, 0.2) is 0 Å². The van der Waals surface area contributed by atoms with Crippen molar-refractivity contribution in [1.29, 1.82) is 0 Å². The molecule has 0 fully saturated rings. The number of hydrogen-bond acceptors (Lipinski definition) is 0. The minimum absolute atomic E-state index is 0.337. The summed E-state index contributed by atoms with van der Waals surface area (Å²) in [5, 5.41) is 0. The third-order valence-electron chi connectivity index (χ3n) is 5.68. The molecule has 168 valence electrons. The molecule has 3 aromatic carbocycles. The van der Waals surface area contributed by atoms with Gasteiger partial charge in [-0.25, -0.2) is 4.39 Å². The van der Waals surface area contributed by atoms with E-state index in [4.69, 9.17) is 0 Å². The van der Waals surface area contributed by atoms with Gasteiger partial charge in [0, 0.05) is 16.7 Å². The van der Waals surface area contributed by atoms with Crippen LogP contribution in [0.1, 0.15) is 85.8 Å². The van der Waals surface area contributed by atoms with Gasteiger partial charge in [-0.05, 0) is 72.9 Å². The van der Waals surface area contributed by atoms with Crippen molar-refractivity contribution in [2.75, 3.05) is 0 Å². The van der Waals surface area contributed by atoms with Gasteiger partial charge in [0.2, 0.25) is 0 Å². The number of rotatable bonds is 8. The molecule has 0 amide bonds. The molecule has 0 aromatic heterocycles. The van der Waals surface area contributed by atoms with E-state index in [2.05, 4.69) is 61.8 Å². The Kier molecular flexibility index (Phi) is 9.82. The lowest BCUT2D eigenvalue weighted by molar-refractivity contribution is 0.624. The van der Waals surface area contributed by atoms with E-state index >= 15 is 0 Å². The molecule has 0 atom stereocenters. The maximum absolute atomic E-state index is 14.5. The summed E-state index contributed by atoms with van der Waals surface area (Å²) in [5.41, 5.74) is 5.53. The van der Waals surface area contributed by atoms with Gasteiger partial charge in [0.05, 0.1) is 5.56 Å². The number of hydrogen-bond donors (Lipinski definition) is 0. The highest BCUT2D eigenvalue weighted by Crippen LogP contribution is 2.12. The third kappa shape index (κ3) is 8.29. The highest BCUT2D eigenvalue weighted by Gasteiger charge is 2.00. The van der Waals surface area contributed by atoms with Crippen LogP contribution < -0.4 is 0 Å². The summed E-state index contributed by atoms with van der Waals surface area (Å²) in [5.74, 6) is 11.9. The van der Waals surface area contributed by atoms with Crippen molar-refractivity contribution in [2.24, 2.45) is 0 Å². The molecule has 3 aromatic rings.